The number of ketones is 2. The van der Waals surface area contributed by atoms with Crippen molar-refractivity contribution in [1.29, 1.82) is 0 Å². The van der Waals surface area contributed by atoms with Crippen LogP contribution in [0.4, 0.5) is 14.5 Å². The van der Waals surface area contributed by atoms with Gasteiger partial charge in [-0.15, -0.1) is 0 Å². The van der Waals surface area contributed by atoms with Gasteiger partial charge >= 0.3 is 5.92 Å². The number of nitrogens with one attached hydrogen (secondary N) is 1. The molecule has 2 unspecified atom stereocenters. The Hall–Kier alpha value is -3.66. The van der Waals surface area contributed by atoms with Crippen molar-refractivity contribution < 1.29 is 23.2 Å². The van der Waals surface area contributed by atoms with Crippen LogP contribution in [-0.4, -0.2) is 41.9 Å². The Bertz CT molecular complexity index is 974. The van der Waals surface area contributed by atoms with Crippen LogP contribution >= 0.6 is 0 Å². The summed E-state index contributed by atoms with van der Waals surface area (Å²) in [4.78, 5) is 41.5. The molecule has 0 aromatic heterocycles. The Morgan fingerprint density at radius 1 is 1.03 bits per heavy atom. The van der Waals surface area contributed by atoms with Crippen molar-refractivity contribution in [3.8, 4) is 0 Å². The Kier molecular flexibility index (Phi) is 7.54. The molecular formula is C21H23F2N5O3. The predicted molar refractivity (Wildman–Crippen MR) is 112 cm³/mol. The monoisotopic (exact) mass is 431 g/mol. The van der Waals surface area contributed by atoms with Crippen LogP contribution in [0.1, 0.15) is 28.8 Å². The van der Waals surface area contributed by atoms with Gasteiger partial charge in [-0.2, -0.15) is 8.78 Å². The highest BCUT2D eigenvalue weighted by Gasteiger charge is 2.47. The second kappa shape index (κ2) is 9.90. The summed E-state index contributed by atoms with van der Waals surface area (Å²) in [7, 11) is 0. The maximum absolute atomic E-state index is 14.2. The third-order valence-corrected chi connectivity index (χ3v) is 4.50. The highest BCUT2D eigenvalue weighted by molar-refractivity contribution is 6.03. The molecular weight excluding hydrogens is 408 g/mol. The number of Topliss-reactive ketones (excluding diaryl/α,β-unsaturated/α-hetero) is 2. The highest BCUT2D eigenvalue weighted by Crippen LogP contribution is 2.28. The summed E-state index contributed by atoms with van der Waals surface area (Å²) in [5, 5.41) is 2.29. The summed E-state index contributed by atoms with van der Waals surface area (Å²) < 4.78 is 28.4. The summed E-state index contributed by atoms with van der Waals surface area (Å²) in [5.41, 5.74) is 16.4. The Morgan fingerprint density at radius 3 is 2.10 bits per heavy atom. The first-order valence-corrected chi connectivity index (χ1v) is 9.25. The van der Waals surface area contributed by atoms with Gasteiger partial charge in [0.2, 0.25) is 5.78 Å². The average molecular weight is 431 g/mol. The molecule has 164 valence electrons. The Morgan fingerprint density at radius 2 is 1.61 bits per heavy atom. The number of amides is 1. The van der Waals surface area contributed by atoms with Crippen molar-refractivity contribution in [2.24, 2.45) is 22.2 Å². The molecule has 0 heterocycles. The molecule has 8 nitrogen and oxygen atoms in total. The van der Waals surface area contributed by atoms with Crippen molar-refractivity contribution in [2.75, 3.05) is 6.54 Å². The first-order chi connectivity index (χ1) is 14.6. The van der Waals surface area contributed by atoms with Crippen molar-refractivity contribution in [2.45, 2.75) is 24.8 Å². The van der Waals surface area contributed by atoms with Crippen LogP contribution in [0.5, 0.6) is 0 Å². The lowest BCUT2D eigenvalue weighted by Gasteiger charge is -2.28. The number of alkyl halides is 2. The molecule has 2 atom stereocenters. The van der Waals surface area contributed by atoms with E-state index in [2.05, 4.69) is 10.3 Å². The lowest BCUT2D eigenvalue weighted by molar-refractivity contribution is -0.145. The summed E-state index contributed by atoms with van der Waals surface area (Å²) in [6.45, 7) is -0.123. The number of carbonyl (C=O) groups excluding carboxylic acids is 3. The second-order valence-corrected chi connectivity index (χ2v) is 6.81. The molecule has 0 aliphatic rings. The predicted octanol–water partition coefficient (Wildman–Crippen LogP) is 1.23. The molecule has 0 fully saturated rings. The van der Waals surface area contributed by atoms with E-state index in [4.69, 9.17) is 17.2 Å². The van der Waals surface area contributed by atoms with Crippen molar-refractivity contribution >= 4 is 29.1 Å². The number of aliphatic imine (C=N–C) groups is 1. The minimum absolute atomic E-state index is 0.141. The number of halogens is 2. The molecule has 0 saturated carbocycles. The number of nitrogens with zero attached hydrogens (tertiary/aromatic N) is 1. The molecule has 2 aromatic rings. The molecule has 0 radical (unpaired) electrons. The summed E-state index contributed by atoms with van der Waals surface area (Å²) >= 11 is 0. The fourth-order valence-corrected chi connectivity index (χ4v) is 3.01. The van der Waals surface area contributed by atoms with Crippen LogP contribution in [-0.2, 0) is 9.59 Å². The van der Waals surface area contributed by atoms with Gasteiger partial charge in [0.1, 0.15) is 11.8 Å². The van der Waals surface area contributed by atoms with Gasteiger partial charge in [-0.05, 0) is 36.8 Å². The maximum Gasteiger partial charge on any atom is 0.319 e. The van der Waals surface area contributed by atoms with E-state index in [-0.39, 0.29) is 17.1 Å². The molecule has 1 amide bonds. The van der Waals surface area contributed by atoms with Gasteiger partial charge in [-0.3, -0.25) is 14.4 Å². The molecule has 0 aliphatic heterocycles. The molecule has 2 rings (SSSR count). The summed E-state index contributed by atoms with van der Waals surface area (Å²) in [6, 6.07) is 11.6. The minimum atomic E-state index is -3.94. The lowest BCUT2D eigenvalue weighted by atomic mass is 9.84. The van der Waals surface area contributed by atoms with E-state index < -0.39 is 41.9 Å². The molecule has 2 aromatic carbocycles. The smallest absolute Gasteiger partial charge is 0.319 e. The SMILES string of the molecule is CC(=O)C(c1ccc(N=C(N)N)cc1)C(NC(=O)c1ccccc1)C(=O)C(F)(F)CN. The molecule has 0 aliphatic carbocycles. The fourth-order valence-electron chi connectivity index (χ4n) is 3.01. The van der Waals surface area contributed by atoms with Crippen LogP contribution in [0.3, 0.4) is 0 Å². The van der Waals surface area contributed by atoms with Crippen molar-refractivity contribution in [1.82, 2.24) is 5.32 Å². The quantitative estimate of drug-likeness (QED) is 0.346. The summed E-state index contributed by atoms with van der Waals surface area (Å²) in [5.74, 6) is -8.56. The molecule has 0 bridgehead atoms. The largest absolute Gasteiger partial charge is 0.370 e. The molecule has 0 spiro atoms. The Labute approximate surface area is 177 Å². The first kappa shape index (κ1) is 23.6. The number of hydrogen-bond acceptors (Lipinski definition) is 5. The van der Waals surface area contributed by atoms with Gasteiger partial charge < -0.3 is 22.5 Å². The van der Waals surface area contributed by atoms with Crippen molar-refractivity contribution in [3.63, 3.8) is 0 Å². The molecule has 0 saturated heterocycles. The van der Waals surface area contributed by atoms with E-state index in [1.165, 1.54) is 36.4 Å². The zero-order valence-electron chi connectivity index (χ0n) is 16.7. The number of rotatable bonds is 9. The number of guanidine groups is 1. The first-order valence-electron chi connectivity index (χ1n) is 9.25. The third-order valence-electron chi connectivity index (χ3n) is 4.50. The second-order valence-electron chi connectivity index (χ2n) is 6.81. The average Bonchev–Trinajstić information content (AvgIpc) is 2.73. The van der Waals surface area contributed by atoms with E-state index in [0.717, 1.165) is 6.92 Å². The zero-order valence-corrected chi connectivity index (χ0v) is 16.7. The van der Waals surface area contributed by atoms with Crippen LogP contribution in [0.25, 0.3) is 0 Å². The minimum Gasteiger partial charge on any atom is -0.370 e. The maximum atomic E-state index is 14.2. The fraction of sp³-hybridized carbons (Fsp3) is 0.238. The van der Waals surface area contributed by atoms with Gasteiger partial charge in [-0.1, -0.05) is 30.3 Å². The van der Waals surface area contributed by atoms with E-state index in [0.29, 0.717) is 5.69 Å². The topological polar surface area (TPSA) is 154 Å². The van der Waals surface area contributed by atoms with Gasteiger partial charge in [0.25, 0.3) is 5.91 Å². The highest BCUT2D eigenvalue weighted by atomic mass is 19.3. The third kappa shape index (κ3) is 5.92. The molecule has 31 heavy (non-hydrogen) atoms. The number of benzene rings is 2. The van der Waals surface area contributed by atoms with E-state index >= 15 is 0 Å². The van der Waals surface area contributed by atoms with E-state index in [1.807, 2.05) is 0 Å². The number of hydrogen-bond donors (Lipinski definition) is 4. The van der Waals surface area contributed by atoms with Gasteiger partial charge in [0, 0.05) is 5.56 Å². The lowest BCUT2D eigenvalue weighted by Crippen LogP contribution is -2.54. The van der Waals surface area contributed by atoms with Crippen molar-refractivity contribution in [3.05, 3.63) is 65.7 Å². The number of nitrogens with two attached hydrogens (primary N) is 3. The Balaban J connectivity index is 2.49. The summed E-state index contributed by atoms with van der Waals surface area (Å²) in [6.07, 6.45) is 0. The van der Waals surface area contributed by atoms with E-state index in [9.17, 15) is 23.2 Å². The van der Waals surface area contributed by atoms with Gasteiger partial charge in [-0.25, -0.2) is 4.99 Å². The number of carbonyl (C=O) groups is 3. The van der Waals surface area contributed by atoms with Crippen LogP contribution in [0, 0.1) is 0 Å². The standard InChI is InChI=1S/C21H23F2N5O3/c1-12(29)16(13-7-9-15(10-8-13)27-20(25)26)17(18(30)21(22,23)11-24)28-19(31)14-5-3-2-4-6-14/h2-10,16-17H,11,24H2,1H3,(H,28,31)(H4,25,26,27). The van der Waals surface area contributed by atoms with Crippen LogP contribution in [0.2, 0.25) is 0 Å². The normalized spacial score (nSPS) is 13.0. The van der Waals surface area contributed by atoms with Crippen LogP contribution in [0.15, 0.2) is 59.6 Å². The van der Waals surface area contributed by atoms with E-state index in [1.54, 1.807) is 18.2 Å². The van der Waals surface area contributed by atoms with Gasteiger partial charge in [0.05, 0.1) is 18.2 Å². The molecule has 7 N–H and O–H groups in total. The van der Waals surface area contributed by atoms with Crippen LogP contribution < -0.4 is 22.5 Å². The molecule has 10 heteroatoms. The van der Waals surface area contributed by atoms with Gasteiger partial charge in [0.15, 0.2) is 5.96 Å². The zero-order chi connectivity index (χ0) is 23.2.